The maximum atomic E-state index is 13.4. The van der Waals surface area contributed by atoms with Gasteiger partial charge in [0, 0.05) is 12.1 Å². The van der Waals surface area contributed by atoms with E-state index < -0.39 is 23.9 Å². The number of anilines is 1. The van der Waals surface area contributed by atoms with Crippen molar-refractivity contribution in [3.63, 3.8) is 0 Å². The minimum absolute atomic E-state index is 0.0935. The van der Waals surface area contributed by atoms with Crippen molar-refractivity contribution in [1.82, 2.24) is 5.32 Å². The Morgan fingerprint density at radius 1 is 0.862 bits per heavy atom. The number of carbonyl (C=O) groups is 2. The summed E-state index contributed by atoms with van der Waals surface area (Å²) in [5.41, 5.74) is 2.02. The highest BCUT2D eigenvalue weighted by Crippen LogP contribution is 2.11. The minimum atomic E-state index is -0.885. The largest absolute Gasteiger partial charge is 0.445 e. The third-order valence-electron chi connectivity index (χ3n) is 4.20. The summed E-state index contributed by atoms with van der Waals surface area (Å²) in [4.78, 5) is 25.0. The molecule has 0 aliphatic rings. The Morgan fingerprint density at radius 3 is 2.17 bits per heavy atom. The quantitative estimate of drug-likeness (QED) is 0.630. The van der Waals surface area contributed by atoms with Crippen molar-refractivity contribution in [2.75, 3.05) is 5.32 Å². The van der Waals surface area contributed by atoms with E-state index in [-0.39, 0.29) is 13.0 Å². The van der Waals surface area contributed by atoms with Crippen molar-refractivity contribution in [3.8, 4) is 0 Å². The van der Waals surface area contributed by atoms with Gasteiger partial charge in [0.15, 0.2) is 0 Å². The number of hydrogen-bond donors (Lipinski definition) is 2. The molecule has 6 heteroatoms. The van der Waals surface area contributed by atoms with Gasteiger partial charge in [-0.05, 0) is 29.3 Å². The summed E-state index contributed by atoms with van der Waals surface area (Å²) in [6.45, 7) is 0.0935. The molecule has 3 rings (SSSR count). The number of alkyl carbamates (subject to hydrolysis) is 1. The van der Waals surface area contributed by atoms with E-state index in [9.17, 15) is 14.0 Å². The second-order valence-corrected chi connectivity index (χ2v) is 6.45. The molecule has 5 nitrogen and oxygen atoms in total. The van der Waals surface area contributed by atoms with Crippen LogP contribution in [-0.4, -0.2) is 18.0 Å². The van der Waals surface area contributed by atoms with Gasteiger partial charge in [0.2, 0.25) is 5.91 Å². The number of ether oxygens (including phenoxy) is 1. The zero-order valence-electron chi connectivity index (χ0n) is 15.7. The van der Waals surface area contributed by atoms with Gasteiger partial charge in [0.25, 0.3) is 0 Å². The van der Waals surface area contributed by atoms with Crippen molar-refractivity contribution in [3.05, 3.63) is 102 Å². The molecular formula is C23H21FN2O3. The number of nitrogens with one attached hydrogen (secondary N) is 2. The van der Waals surface area contributed by atoms with Crippen LogP contribution in [0.2, 0.25) is 0 Å². The number of amides is 2. The van der Waals surface area contributed by atoms with Gasteiger partial charge in [-0.1, -0.05) is 66.7 Å². The van der Waals surface area contributed by atoms with Crippen LogP contribution in [0.4, 0.5) is 14.9 Å². The molecule has 0 saturated carbocycles. The first-order valence-corrected chi connectivity index (χ1v) is 9.18. The first-order chi connectivity index (χ1) is 14.1. The molecule has 0 saturated heterocycles. The van der Waals surface area contributed by atoms with Gasteiger partial charge in [-0.15, -0.1) is 0 Å². The Bertz CT molecular complexity index is 949. The van der Waals surface area contributed by atoms with Crippen molar-refractivity contribution < 1.29 is 18.7 Å². The first-order valence-electron chi connectivity index (χ1n) is 9.18. The van der Waals surface area contributed by atoms with Gasteiger partial charge in [0.05, 0.1) is 0 Å². The molecule has 0 spiro atoms. The van der Waals surface area contributed by atoms with Crippen LogP contribution < -0.4 is 10.6 Å². The van der Waals surface area contributed by atoms with E-state index in [0.717, 1.165) is 11.1 Å². The van der Waals surface area contributed by atoms with Crippen LogP contribution in [0.25, 0.3) is 0 Å². The second-order valence-electron chi connectivity index (χ2n) is 6.45. The highest BCUT2D eigenvalue weighted by Gasteiger charge is 2.22. The van der Waals surface area contributed by atoms with Crippen LogP contribution in [0.5, 0.6) is 0 Å². The average Bonchev–Trinajstić information content (AvgIpc) is 2.73. The number of benzene rings is 3. The fraction of sp³-hybridized carbons (Fsp3) is 0.130. The summed E-state index contributed by atoms with van der Waals surface area (Å²) in [6, 6.07) is 23.2. The number of carbonyl (C=O) groups excluding carboxylic acids is 2. The predicted molar refractivity (Wildman–Crippen MR) is 109 cm³/mol. The standard InChI is InChI=1S/C23H21FN2O3/c24-19-12-7-13-20(15-19)25-22(27)21(14-17-8-3-1-4-9-17)26-23(28)29-16-18-10-5-2-6-11-18/h1-13,15,21H,14,16H2,(H,25,27)(H,26,28). The summed E-state index contributed by atoms with van der Waals surface area (Å²) >= 11 is 0. The van der Waals surface area contributed by atoms with Gasteiger partial charge in [0.1, 0.15) is 18.5 Å². The van der Waals surface area contributed by atoms with E-state index in [1.807, 2.05) is 60.7 Å². The van der Waals surface area contributed by atoms with Gasteiger partial charge in [-0.2, -0.15) is 0 Å². The smallest absolute Gasteiger partial charge is 0.408 e. The molecule has 2 N–H and O–H groups in total. The van der Waals surface area contributed by atoms with Gasteiger partial charge < -0.3 is 15.4 Å². The van der Waals surface area contributed by atoms with E-state index in [2.05, 4.69) is 10.6 Å². The normalized spacial score (nSPS) is 11.3. The summed E-state index contributed by atoms with van der Waals surface area (Å²) in [5.74, 6) is -0.922. The zero-order valence-corrected chi connectivity index (χ0v) is 15.7. The minimum Gasteiger partial charge on any atom is -0.445 e. The monoisotopic (exact) mass is 392 g/mol. The molecule has 0 aliphatic carbocycles. The maximum absolute atomic E-state index is 13.4. The Balaban J connectivity index is 1.66. The van der Waals surface area contributed by atoms with E-state index >= 15 is 0 Å². The molecule has 0 aliphatic heterocycles. The van der Waals surface area contributed by atoms with Crippen molar-refractivity contribution in [2.45, 2.75) is 19.1 Å². The van der Waals surface area contributed by atoms with Crippen LogP contribution in [-0.2, 0) is 22.6 Å². The topological polar surface area (TPSA) is 67.4 Å². The Hall–Kier alpha value is -3.67. The lowest BCUT2D eigenvalue weighted by Crippen LogP contribution is -2.45. The van der Waals surface area contributed by atoms with Crippen LogP contribution in [0.1, 0.15) is 11.1 Å². The molecule has 1 unspecified atom stereocenters. The van der Waals surface area contributed by atoms with Crippen LogP contribution in [0.3, 0.4) is 0 Å². The number of halogens is 1. The molecule has 0 radical (unpaired) electrons. The summed E-state index contributed by atoms with van der Waals surface area (Å²) in [5, 5.41) is 5.24. The SMILES string of the molecule is O=C(NC(Cc1ccccc1)C(=O)Nc1cccc(F)c1)OCc1ccccc1. The molecule has 3 aromatic rings. The molecular weight excluding hydrogens is 371 g/mol. The molecule has 3 aromatic carbocycles. The third kappa shape index (κ3) is 6.46. The van der Waals surface area contributed by atoms with Crippen LogP contribution in [0, 0.1) is 5.82 Å². The Morgan fingerprint density at radius 2 is 1.52 bits per heavy atom. The van der Waals surface area contributed by atoms with Crippen LogP contribution in [0.15, 0.2) is 84.9 Å². The number of hydrogen-bond acceptors (Lipinski definition) is 3. The van der Waals surface area contributed by atoms with Crippen molar-refractivity contribution >= 4 is 17.7 Å². The molecule has 29 heavy (non-hydrogen) atoms. The third-order valence-corrected chi connectivity index (χ3v) is 4.20. The summed E-state index contributed by atoms with van der Waals surface area (Å²) in [6.07, 6.45) is -0.438. The fourth-order valence-electron chi connectivity index (χ4n) is 2.76. The lowest BCUT2D eigenvalue weighted by Gasteiger charge is -2.18. The zero-order chi connectivity index (χ0) is 20.5. The van der Waals surface area contributed by atoms with Gasteiger partial charge in [-0.25, -0.2) is 9.18 Å². The predicted octanol–water partition coefficient (Wildman–Crippen LogP) is 4.30. The first kappa shape index (κ1) is 20.1. The highest BCUT2D eigenvalue weighted by molar-refractivity contribution is 5.96. The van der Waals surface area contributed by atoms with E-state index in [1.54, 1.807) is 6.07 Å². The van der Waals surface area contributed by atoms with Crippen molar-refractivity contribution in [1.29, 1.82) is 0 Å². The molecule has 0 bridgehead atoms. The maximum Gasteiger partial charge on any atom is 0.408 e. The van der Waals surface area contributed by atoms with Gasteiger partial charge in [-0.3, -0.25) is 4.79 Å². The lowest BCUT2D eigenvalue weighted by molar-refractivity contribution is -0.118. The van der Waals surface area contributed by atoms with E-state index in [0.29, 0.717) is 5.69 Å². The second kappa shape index (κ2) is 10.0. The molecule has 0 heterocycles. The van der Waals surface area contributed by atoms with E-state index in [4.69, 9.17) is 4.74 Å². The fourth-order valence-corrected chi connectivity index (χ4v) is 2.76. The highest BCUT2D eigenvalue weighted by atomic mass is 19.1. The molecule has 2 amide bonds. The van der Waals surface area contributed by atoms with Gasteiger partial charge >= 0.3 is 6.09 Å². The molecule has 0 aromatic heterocycles. The van der Waals surface area contributed by atoms with E-state index in [1.165, 1.54) is 18.2 Å². The average molecular weight is 392 g/mol. The van der Waals surface area contributed by atoms with Crippen molar-refractivity contribution in [2.24, 2.45) is 0 Å². The Kier molecular flexibility index (Phi) is 6.95. The Labute approximate surface area is 168 Å². The summed E-state index contributed by atoms with van der Waals surface area (Å²) < 4.78 is 18.6. The summed E-state index contributed by atoms with van der Waals surface area (Å²) in [7, 11) is 0. The lowest BCUT2D eigenvalue weighted by atomic mass is 10.1. The molecule has 1 atom stereocenters. The van der Waals surface area contributed by atoms with Crippen LogP contribution >= 0.6 is 0 Å². The molecule has 148 valence electrons. The number of rotatable bonds is 7. The molecule has 0 fully saturated rings.